The van der Waals surface area contributed by atoms with Crippen molar-refractivity contribution in [2.75, 3.05) is 6.54 Å². The molecule has 0 aliphatic heterocycles. The van der Waals surface area contributed by atoms with Gasteiger partial charge in [-0.25, -0.2) is 0 Å². The van der Waals surface area contributed by atoms with Gasteiger partial charge in [-0.05, 0) is 30.4 Å². The second-order valence-electron chi connectivity index (χ2n) is 6.59. The first-order chi connectivity index (χ1) is 12.2. The molecule has 3 rings (SSSR count). The molecule has 1 aromatic heterocycles. The van der Waals surface area contributed by atoms with Crippen LogP contribution < -0.4 is 5.32 Å². The van der Waals surface area contributed by atoms with E-state index in [2.05, 4.69) is 15.5 Å². The van der Waals surface area contributed by atoms with Gasteiger partial charge in [-0.15, -0.1) is 10.2 Å². The molecule has 2 N–H and O–H groups in total. The highest BCUT2D eigenvalue weighted by molar-refractivity contribution is 5.75. The molecule has 1 aliphatic rings. The summed E-state index contributed by atoms with van der Waals surface area (Å²) in [4.78, 5) is 11.9. The summed E-state index contributed by atoms with van der Waals surface area (Å²) in [5, 5.41) is 20.1. The summed E-state index contributed by atoms with van der Waals surface area (Å²) in [5.41, 5.74) is 2.03. The predicted molar refractivity (Wildman–Crippen MR) is 92.9 cm³/mol. The number of amides is 1. The molecule has 0 bridgehead atoms. The lowest BCUT2D eigenvalue weighted by Crippen LogP contribution is -2.25. The van der Waals surface area contributed by atoms with Gasteiger partial charge in [0.2, 0.25) is 17.7 Å². The zero-order valence-electron chi connectivity index (χ0n) is 14.4. The van der Waals surface area contributed by atoms with E-state index >= 15 is 0 Å². The summed E-state index contributed by atoms with van der Waals surface area (Å²) in [6, 6.07) is 7.74. The molecule has 1 heterocycles. The Hall–Kier alpha value is -2.21. The molecule has 1 saturated carbocycles. The molecular weight excluding hydrogens is 318 g/mol. The summed E-state index contributed by atoms with van der Waals surface area (Å²) >= 11 is 0. The maximum atomic E-state index is 11.9. The normalized spacial score (nSPS) is 14.8. The van der Waals surface area contributed by atoms with Crippen molar-refractivity contribution in [2.45, 2.75) is 57.5 Å². The van der Waals surface area contributed by atoms with Crippen molar-refractivity contribution >= 4 is 5.91 Å². The minimum atomic E-state index is -0.00686. The van der Waals surface area contributed by atoms with Gasteiger partial charge in [0.25, 0.3) is 0 Å². The van der Waals surface area contributed by atoms with Crippen molar-refractivity contribution in [1.82, 2.24) is 15.5 Å². The van der Waals surface area contributed by atoms with E-state index < -0.39 is 0 Å². The number of benzene rings is 1. The summed E-state index contributed by atoms with van der Waals surface area (Å²) in [6.45, 7) is 0.642. The lowest BCUT2D eigenvalue weighted by Gasteiger charge is -2.05. The monoisotopic (exact) mass is 343 g/mol. The van der Waals surface area contributed by atoms with Crippen LogP contribution in [0.2, 0.25) is 0 Å². The highest BCUT2D eigenvalue weighted by Gasteiger charge is 2.22. The quantitative estimate of drug-likeness (QED) is 0.769. The fourth-order valence-electron chi connectivity index (χ4n) is 3.17. The number of hydrogen-bond donors (Lipinski definition) is 2. The number of aryl methyl sites for hydroxylation is 1. The molecule has 2 aromatic rings. The van der Waals surface area contributed by atoms with Gasteiger partial charge in [-0.3, -0.25) is 4.79 Å². The molecule has 1 amide bonds. The van der Waals surface area contributed by atoms with Gasteiger partial charge >= 0.3 is 0 Å². The summed E-state index contributed by atoms with van der Waals surface area (Å²) in [7, 11) is 0. The van der Waals surface area contributed by atoms with Crippen LogP contribution in [0.3, 0.4) is 0 Å². The first kappa shape index (κ1) is 17.6. The van der Waals surface area contributed by atoms with Crippen molar-refractivity contribution in [1.29, 1.82) is 0 Å². The van der Waals surface area contributed by atoms with E-state index in [1.54, 1.807) is 0 Å². The smallest absolute Gasteiger partial charge is 0.220 e. The summed E-state index contributed by atoms with van der Waals surface area (Å²) in [5.74, 6) is 1.69. The number of nitrogens with one attached hydrogen (secondary N) is 1. The Labute approximate surface area is 147 Å². The van der Waals surface area contributed by atoms with Crippen LogP contribution in [-0.2, 0) is 24.2 Å². The van der Waals surface area contributed by atoms with Crippen LogP contribution in [0.4, 0.5) is 0 Å². The number of aliphatic hydroxyl groups is 1. The number of rotatable bonds is 8. The highest BCUT2D eigenvalue weighted by Crippen LogP contribution is 2.33. The molecule has 134 valence electrons. The van der Waals surface area contributed by atoms with Crippen LogP contribution in [0.1, 0.15) is 60.9 Å². The molecule has 25 heavy (non-hydrogen) atoms. The SMILES string of the molecule is O=C(CCc1nnc(C2CCCC2)o1)NCCc1ccc(CO)cc1. The maximum Gasteiger partial charge on any atom is 0.220 e. The molecule has 6 heteroatoms. The number of hydrogen-bond acceptors (Lipinski definition) is 5. The Balaban J connectivity index is 1.36. The highest BCUT2D eigenvalue weighted by atomic mass is 16.4. The third kappa shape index (κ3) is 5.13. The Kier molecular flexibility index (Phi) is 6.17. The molecule has 1 aromatic carbocycles. The van der Waals surface area contributed by atoms with Crippen LogP contribution in [0.15, 0.2) is 28.7 Å². The van der Waals surface area contributed by atoms with E-state index in [-0.39, 0.29) is 12.5 Å². The molecule has 0 unspecified atom stereocenters. The van der Waals surface area contributed by atoms with Crippen molar-refractivity contribution in [3.05, 3.63) is 47.2 Å². The first-order valence-corrected chi connectivity index (χ1v) is 9.02. The van der Waals surface area contributed by atoms with Gasteiger partial charge in [0.05, 0.1) is 6.61 Å². The minimum Gasteiger partial charge on any atom is -0.425 e. The van der Waals surface area contributed by atoms with Crippen molar-refractivity contribution < 1.29 is 14.3 Å². The Morgan fingerprint density at radius 2 is 1.84 bits per heavy atom. The number of carbonyl (C=O) groups is 1. The van der Waals surface area contributed by atoms with Gasteiger partial charge in [0.1, 0.15) is 0 Å². The van der Waals surface area contributed by atoms with Crippen LogP contribution in [0.5, 0.6) is 0 Å². The molecule has 0 atom stereocenters. The van der Waals surface area contributed by atoms with Gasteiger partial charge in [-0.1, -0.05) is 37.1 Å². The van der Waals surface area contributed by atoms with Gasteiger partial charge < -0.3 is 14.8 Å². The van der Waals surface area contributed by atoms with Crippen molar-refractivity contribution in [3.8, 4) is 0 Å². The zero-order chi connectivity index (χ0) is 17.5. The average molecular weight is 343 g/mol. The Morgan fingerprint density at radius 3 is 2.56 bits per heavy atom. The molecular formula is C19H25N3O3. The van der Waals surface area contributed by atoms with E-state index in [4.69, 9.17) is 9.52 Å². The number of aliphatic hydroxyl groups excluding tert-OH is 1. The lowest BCUT2D eigenvalue weighted by atomic mass is 10.1. The third-order valence-electron chi connectivity index (χ3n) is 4.69. The first-order valence-electron chi connectivity index (χ1n) is 9.02. The average Bonchev–Trinajstić information content (AvgIpc) is 3.32. The number of aromatic nitrogens is 2. The number of carbonyl (C=O) groups excluding carboxylic acids is 1. The van der Waals surface area contributed by atoms with E-state index in [0.717, 1.165) is 36.3 Å². The maximum absolute atomic E-state index is 11.9. The van der Waals surface area contributed by atoms with Crippen LogP contribution in [-0.4, -0.2) is 27.8 Å². The largest absolute Gasteiger partial charge is 0.425 e. The molecule has 6 nitrogen and oxygen atoms in total. The van der Waals surface area contributed by atoms with Crippen LogP contribution in [0.25, 0.3) is 0 Å². The van der Waals surface area contributed by atoms with E-state index in [0.29, 0.717) is 31.2 Å². The van der Waals surface area contributed by atoms with E-state index in [1.165, 1.54) is 12.8 Å². The standard InChI is InChI=1S/C19H25N3O3/c23-13-15-7-5-14(6-8-15)11-12-20-17(24)9-10-18-21-22-19(25-18)16-3-1-2-4-16/h5-8,16,23H,1-4,9-13H2,(H,20,24). The fourth-order valence-corrected chi connectivity index (χ4v) is 3.17. The molecule has 0 radical (unpaired) electrons. The van der Waals surface area contributed by atoms with Crippen molar-refractivity contribution in [3.63, 3.8) is 0 Å². The van der Waals surface area contributed by atoms with Gasteiger partial charge in [0, 0.05) is 25.3 Å². The molecule has 1 aliphatic carbocycles. The van der Waals surface area contributed by atoms with Gasteiger partial charge in [-0.2, -0.15) is 0 Å². The zero-order valence-corrected chi connectivity index (χ0v) is 14.4. The molecule has 1 fully saturated rings. The van der Waals surface area contributed by atoms with Crippen molar-refractivity contribution in [2.24, 2.45) is 0 Å². The van der Waals surface area contributed by atoms with E-state index in [9.17, 15) is 4.79 Å². The summed E-state index contributed by atoms with van der Waals surface area (Å²) < 4.78 is 5.69. The van der Waals surface area contributed by atoms with Crippen LogP contribution in [0, 0.1) is 0 Å². The topological polar surface area (TPSA) is 88.2 Å². The second kappa shape index (κ2) is 8.76. The second-order valence-corrected chi connectivity index (χ2v) is 6.59. The minimum absolute atomic E-state index is 0.00686. The Morgan fingerprint density at radius 1 is 1.12 bits per heavy atom. The van der Waals surface area contributed by atoms with Gasteiger partial charge in [0.15, 0.2) is 0 Å². The summed E-state index contributed by atoms with van der Waals surface area (Å²) in [6.07, 6.45) is 6.32. The lowest BCUT2D eigenvalue weighted by molar-refractivity contribution is -0.121. The van der Waals surface area contributed by atoms with Crippen LogP contribution >= 0.6 is 0 Å². The predicted octanol–water partition coefficient (Wildman–Crippen LogP) is 2.51. The fraction of sp³-hybridized carbons (Fsp3) is 0.526. The molecule has 0 spiro atoms. The third-order valence-corrected chi connectivity index (χ3v) is 4.69. The number of nitrogens with zero attached hydrogens (tertiary/aromatic N) is 2. The Bertz CT molecular complexity index is 675. The molecule has 0 saturated heterocycles. The van der Waals surface area contributed by atoms with E-state index in [1.807, 2.05) is 24.3 Å².